The molecule has 104 valence electrons. The fourth-order valence-corrected chi connectivity index (χ4v) is 2.19. The molecule has 0 aromatic carbocycles. The zero-order chi connectivity index (χ0) is 13.5. The number of rotatable bonds is 5. The number of hydrogen-bond donors (Lipinski definition) is 3. The first-order valence-electron chi connectivity index (χ1n) is 6.62. The van der Waals surface area contributed by atoms with Crippen LogP contribution in [0.3, 0.4) is 0 Å². The monoisotopic (exact) mass is 256 g/mol. The summed E-state index contributed by atoms with van der Waals surface area (Å²) in [6, 6.07) is -0.816. The maximum atomic E-state index is 12.3. The lowest BCUT2D eigenvalue weighted by Gasteiger charge is -2.34. The van der Waals surface area contributed by atoms with Crippen LogP contribution >= 0.6 is 0 Å². The van der Waals surface area contributed by atoms with E-state index in [1.165, 1.54) is 0 Å². The van der Waals surface area contributed by atoms with E-state index in [-0.39, 0.29) is 5.91 Å². The van der Waals surface area contributed by atoms with Gasteiger partial charge in [-0.25, -0.2) is 4.79 Å². The first kappa shape index (κ1) is 14.8. The van der Waals surface area contributed by atoms with Crippen LogP contribution in [-0.2, 0) is 4.79 Å². The third kappa shape index (κ3) is 4.52. The Bertz CT molecular complexity index is 296. The number of urea groups is 1. The summed E-state index contributed by atoms with van der Waals surface area (Å²) in [7, 11) is 0. The fourth-order valence-electron chi connectivity index (χ4n) is 2.19. The SMILES string of the molecule is CCCCC(NC(N)=O)C(=O)N1CCNC(C)C1. The van der Waals surface area contributed by atoms with Crippen LogP contribution in [0.1, 0.15) is 33.1 Å². The lowest BCUT2D eigenvalue weighted by Crippen LogP contribution is -2.57. The van der Waals surface area contributed by atoms with Crippen molar-refractivity contribution in [1.29, 1.82) is 0 Å². The van der Waals surface area contributed by atoms with Gasteiger partial charge in [0.1, 0.15) is 6.04 Å². The highest BCUT2D eigenvalue weighted by Crippen LogP contribution is 2.07. The van der Waals surface area contributed by atoms with E-state index in [9.17, 15) is 9.59 Å². The summed E-state index contributed by atoms with van der Waals surface area (Å²) in [5, 5.41) is 5.84. The Labute approximate surface area is 108 Å². The standard InChI is InChI=1S/C12H24N4O2/c1-3-4-5-10(15-12(13)18)11(17)16-7-6-14-9(2)8-16/h9-10,14H,3-8H2,1-2H3,(H3,13,15,18). The summed E-state index contributed by atoms with van der Waals surface area (Å²) in [6.07, 6.45) is 2.54. The Morgan fingerprint density at radius 3 is 2.83 bits per heavy atom. The van der Waals surface area contributed by atoms with Crippen LogP contribution in [0.5, 0.6) is 0 Å². The quantitative estimate of drug-likeness (QED) is 0.648. The van der Waals surface area contributed by atoms with Gasteiger partial charge < -0.3 is 21.3 Å². The summed E-state index contributed by atoms with van der Waals surface area (Å²) in [5.74, 6) is -0.0180. The van der Waals surface area contributed by atoms with Crippen molar-refractivity contribution in [2.45, 2.75) is 45.2 Å². The minimum absolute atomic E-state index is 0.0180. The van der Waals surface area contributed by atoms with Gasteiger partial charge in [-0.1, -0.05) is 19.8 Å². The number of nitrogens with two attached hydrogens (primary N) is 1. The van der Waals surface area contributed by atoms with E-state index in [0.29, 0.717) is 25.6 Å². The van der Waals surface area contributed by atoms with Gasteiger partial charge in [0, 0.05) is 25.7 Å². The number of hydrogen-bond acceptors (Lipinski definition) is 3. The molecule has 1 fully saturated rings. The Hall–Kier alpha value is -1.30. The number of carbonyl (C=O) groups is 2. The largest absolute Gasteiger partial charge is 0.352 e. The molecule has 6 heteroatoms. The number of piperazine rings is 1. The van der Waals surface area contributed by atoms with Crippen molar-refractivity contribution in [3.63, 3.8) is 0 Å². The second-order valence-corrected chi connectivity index (χ2v) is 4.84. The van der Waals surface area contributed by atoms with E-state index >= 15 is 0 Å². The first-order chi connectivity index (χ1) is 8.54. The highest BCUT2D eigenvalue weighted by molar-refractivity contribution is 5.86. The van der Waals surface area contributed by atoms with Crippen molar-refractivity contribution in [3.05, 3.63) is 0 Å². The van der Waals surface area contributed by atoms with Gasteiger partial charge in [-0.15, -0.1) is 0 Å². The molecule has 0 aromatic heterocycles. The Balaban J connectivity index is 2.58. The van der Waals surface area contributed by atoms with Crippen LogP contribution in [0.25, 0.3) is 0 Å². The van der Waals surface area contributed by atoms with Crippen LogP contribution in [0.2, 0.25) is 0 Å². The van der Waals surface area contributed by atoms with E-state index in [2.05, 4.69) is 17.6 Å². The maximum absolute atomic E-state index is 12.3. The highest BCUT2D eigenvalue weighted by atomic mass is 16.2. The van der Waals surface area contributed by atoms with E-state index in [4.69, 9.17) is 5.73 Å². The van der Waals surface area contributed by atoms with Gasteiger partial charge in [0.15, 0.2) is 0 Å². The van der Waals surface area contributed by atoms with Crippen LogP contribution in [0, 0.1) is 0 Å². The zero-order valence-electron chi connectivity index (χ0n) is 11.2. The summed E-state index contributed by atoms with van der Waals surface area (Å²) >= 11 is 0. The van der Waals surface area contributed by atoms with Crippen LogP contribution in [0.4, 0.5) is 4.79 Å². The van der Waals surface area contributed by atoms with Crippen LogP contribution in [0.15, 0.2) is 0 Å². The van der Waals surface area contributed by atoms with Gasteiger partial charge in [0.25, 0.3) is 0 Å². The zero-order valence-corrected chi connectivity index (χ0v) is 11.2. The van der Waals surface area contributed by atoms with E-state index in [1.807, 2.05) is 6.92 Å². The Kier molecular flexibility index (Phi) is 5.91. The van der Waals surface area contributed by atoms with Gasteiger partial charge in [-0.3, -0.25) is 4.79 Å². The van der Waals surface area contributed by atoms with Gasteiger partial charge in [-0.2, -0.15) is 0 Å². The second-order valence-electron chi connectivity index (χ2n) is 4.84. The summed E-state index contributed by atoms with van der Waals surface area (Å²) in [4.78, 5) is 25.1. The van der Waals surface area contributed by atoms with Gasteiger partial charge >= 0.3 is 6.03 Å². The van der Waals surface area contributed by atoms with Crippen LogP contribution in [-0.4, -0.2) is 48.6 Å². The molecule has 2 atom stereocenters. The molecule has 1 rings (SSSR count). The Morgan fingerprint density at radius 2 is 2.28 bits per heavy atom. The number of primary amides is 1. The predicted molar refractivity (Wildman–Crippen MR) is 70.1 cm³/mol. The molecule has 0 radical (unpaired) electrons. The first-order valence-corrected chi connectivity index (χ1v) is 6.62. The molecule has 18 heavy (non-hydrogen) atoms. The molecule has 1 aliphatic heterocycles. The number of nitrogens with zero attached hydrogens (tertiary/aromatic N) is 1. The predicted octanol–water partition coefficient (Wildman–Crippen LogP) is 0.0338. The number of nitrogens with one attached hydrogen (secondary N) is 2. The van der Waals surface area contributed by atoms with E-state index in [1.54, 1.807) is 4.90 Å². The molecule has 2 unspecified atom stereocenters. The molecule has 1 saturated heterocycles. The lowest BCUT2D eigenvalue weighted by atomic mass is 10.1. The molecular formula is C12H24N4O2. The third-order valence-corrected chi connectivity index (χ3v) is 3.14. The number of carbonyl (C=O) groups excluding carboxylic acids is 2. The maximum Gasteiger partial charge on any atom is 0.312 e. The topological polar surface area (TPSA) is 87.5 Å². The molecule has 1 heterocycles. The summed E-state index contributed by atoms with van der Waals surface area (Å²) in [5.41, 5.74) is 5.13. The molecule has 0 saturated carbocycles. The molecular weight excluding hydrogens is 232 g/mol. The third-order valence-electron chi connectivity index (χ3n) is 3.14. The summed E-state index contributed by atoms with van der Waals surface area (Å²) in [6.45, 7) is 6.26. The fraction of sp³-hybridized carbons (Fsp3) is 0.833. The van der Waals surface area contributed by atoms with E-state index < -0.39 is 12.1 Å². The molecule has 0 spiro atoms. The smallest absolute Gasteiger partial charge is 0.312 e. The minimum atomic E-state index is -0.632. The normalized spacial score (nSPS) is 21.4. The van der Waals surface area contributed by atoms with E-state index in [0.717, 1.165) is 19.4 Å². The van der Waals surface area contributed by atoms with Gasteiger partial charge in [0.2, 0.25) is 5.91 Å². The minimum Gasteiger partial charge on any atom is -0.352 e. The van der Waals surface area contributed by atoms with Crippen molar-refractivity contribution < 1.29 is 9.59 Å². The number of amides is 3. The van der Waals surface area contributed by atoms with Crippen LogP contribution < -0.4 is 16.4 Å². The lowest BCUT2D eigenvalue weighted by molar-refractivity contribution is -0.134. The molecule has 3 amide bonds. The molecule has 0 bridgehead atoms. The molecule has 4 N–H and O–H groups in total. The van der Waals surface area contributed by atoms with Crippen molar-refractivity contribution in [2.75, 3.05) is 19.6 Å². The number of unbranched alkanes of at least 4 members (excludes halogenated alkanes) is 1. The molecule has 0 aromatic rings. The van der Waals surface area contributed by atoms with Crippen molar-refractivity contribution in [1.82, 2.24) is 15.5 Å². The average molecular weight is 256 g/mol. The van der Waals surface area contributed by atoms with Gasteiger partial charge in [-0.05, 0) is 13.3 Å². The van der Waals surface area contributed by atoms with Crippen molar-refractivity contribution in [3.8, 4) is 0 Å². The van der Waals surface area contributed by atoms with Gasteiger partial charge in [0.05, 0.1) is 0 Å². The average Bonchev–Trinajstić information content (AvgIpc) is 2.33. The second kappa shape index (κ2) is 7.20. The summed E-state index contributed by atoms with van der Waals surface area (Å²) < 4.78 is 0. The van der Waals surface area contributed by atoms with Crippen molar-refractivity contribution >= 4 is 11.9 Å². The molecule has 1 aliphatic rings. The highest BCUT2D eigenvalue weighted by Gasteiger charge is 2.27. The van der Waals surface area contributed by atoms with Crippen molar-refractivity contribution in [2.24, 2.45) is 5.73 Å². The molecule has 6 nitrogen and oxygen atoms in total. The molecule has 0 aliphatic carbocycles. The Morgan fingerprint density at radius 1 is 1.56 bits per heavy atom.